The van der Waals surface area contributed by atoms with Crippen LogP contribution < -0.4 is 4.74 Å². The van der Waals surface area contributed by atoms with Gasteiger partial charge in [0.25, 0.3) is 5.91 Å². The van der Waals surface area contributed by atoms with Gasteiger partial charge in [-0.1, -0.05) is 6.07 Å². The van der Waals surface area contributed by atoms with Gasteiger partial charge in [0, 0.05) is 18.8 Å². The summed E-state index contributed by atoms with van der Waals surface area (Å²) >= 11 is 0. The highest BCUT2D eigenvalue weighted by molar-refractivity contribution is 5.93. The lowest BCUT2D eigenvalue weighted by molar-refractivity contribution is -0.143. The van der Waals surface area contributed by atoms with Crippen molar-refractivity contribution in [1.82, 2.24) is 14.7 Å². The number of carboxylic acid groups (broad SMARTS) is 1. The van der Waals surface area contributed by atoms with Gasteiger partial charge in [-0.2, -0.15) is 5.10 Å². The summed E-state index contributed by atoms with van der Waals surface area (Å²) < 4.78 is 6.99. The number of hydrogen-bond donors (Lipinski definition) is 1. The van der Waals surface area contributed by atoms with E-state index in [9.17, 15) is 14.7 Å². The highest BCUT2D eigenvalue weighted by atomic mass is 16.5. The fourth-order valence-corrected chi connectivity index (χ4v) is 3.29. The van der Waals surface area contributed by atoms with E-state index in [2.05, 4.69) is 5.10 Å². The molecular weight excluding hydrogens is 334 g/mol. The van der Waals surface area contributed by atoms with Gasteiger partial charge >= 0.3 is 5.97 Å². The molecule has 1 aromatic carbocycles. The molecule has 2 aromatic rings. The number of carbonyl (C=O) groups excluding carboxylic acids is 1. The summed E-state index contributed by atoms with van der Waals surface area (Å²) in [4.78, 5) is 25.8. The fraction of sp³-hybridized carbons (Fsp3) is 0.421. The number of methoxy groups -OCH3 is 1. The summed E-state index contributed by atoms with van der Waals surface area (Å²) in [5, 5.41) is 13.7. The van der Waals surface area contributed by atoms with E-state index in [-0.39, 0.29) is 18.5 Å². The Morgan fingerprint density at radius 3 is 2.73 bits per heavy atom. The predicted molar refractivity (Wildman–Crippen MR) is 95.7 cm³/mol. The van der Waals surface area contributed by atoms with Crippen molar-refractivity contribution in [2.75, 3.05) is 13.7 Å². The zero-order valence-electron chi connectivity index (χ0n) is 15.2. The molecule has 7 nitrogen and oxygen atoms in total. The molecule has 1 fully saturated rings. The van der Waals surface area contributed by atoms with E-state index in [1.807, 2.05) is 32.0 Å². The quantitative estimate of drug-likeness (QED) is 0.909. The summed E-state index contributed by atoms with van der Waals surface area (Å²) in [7, 11) is 1.59. The van der Waals surface area contributed by atoms with Crippen LogP contribution in [0.25, 0.3) is 5.69 Å². The van der Waals surface area contributed by atoms with Gasteiger partial charge in [-0.25, -0.2) is 4.68 Å². The molecule has 0 bridgehead atoms. The number of likely N-dealkylation sites (tertiary alicyclic amines) is 1. The molecule has 138 valence electrons. The summed E-state index contributed by atoms with van der Waals surface area (Å²) in [6.45, 7) is 4.13. The molecule has 3 rings (SSSR count). The molecule has 0 spiro atoms. The van der Waals surface area contributed by atoms with Gasteiger partial charge in [0.05, 0.1) is 13.0 Å². The average molecular weight is 357 g/mol. The van der Waals surface area contributed by atoms with E-state index < -0.39 is 11.9 Å². The first-order valence-electron chi connectivity index (χ1n) is 8.65. The van der Waals surface area contributed by atoms with E-state index >= 15 is 0 Å². The molecule has 26 heavy (non-hydrogen) atoms. The number of aliphatic carboxylic acids is 1. The summed E-state index contributed by atoms with van der Waals surface area (Å²) in [5.74, 6) is -0.956. The number of carbonyl (C=O) groups is 2. The fourth-order valence-electron chi connectivity index (χ4n) is 3.29. The second-order valence-corrected chi connectivity index (χ2v) is 6.74. The zero-order valence-corrected chi connectivity index (χ0v) is 15.2. The monoisotopic (exact) mass is 357 g/mol. The number of nitrogens with zero attached hydrogens (tertiary/aromatic N) is 3. The molecule has 1 amide bonds. The Hall–Kier alpha value is -2.83. The molecule has 1 aromatic heterocycles. The number of rotatable bonds is 4. The van der Waals surface area contributed by atoms with Crippen LogP contribution in [0.15, 0.2) is 30.5 Å². The van der Waals surface area contributed by atoms with E-state index in [0.29, 0.717) is 24.3 Å². The van der Waals surface area contributed by atoms with Crippen LogP contribution in [-0.2, 0) is 4.79 Å². The van der Waals surface area contributed by atoms with Crippen molar-refractivity contribution in [2.24, 2.45) is 5.92 Å². The topological polar surface area (TPSA) is 84.7 Å². The summed E-state index contributed by atoms with van der Waals surface area (Å²) in [6, 6.07) is 7.39. The second-order valence-electron chi connectivity index (χ2n) is 6.74. The highest BCUT2D eigenvalue weighted by Crippen LogP contribution is 2.26. The number of amides is 1. The van der Waals surface area contributed by atoms with Crippen LogP contribution in [0.3, 0.4) is 0 Å². The molecule has 1 aliphatic heterocycles. The smallest absolute Gasteiger partial charge is 0.308 e. The molecule has 0 saturated carbocycles. The first-order chi connectivity index (χ1) is 12.4. The Kier molecular flexibility index (Phi) is 4.97. The van der Waals surface area contributed by atoms with E-state index in [0.717, 1.165) is 11.3 Å². The van der Waals surface area contributed by atoms with Crippen molar-refractivity contribution in [3.63, 3.8) is 0 Å². The van der Waals surface area contributed by atoms with Gasteiger partial charge in [-0.05, 0) is 50.5 Å². The molecular formula is C19H23N3O4. The number of carboxylic acids is 1. The van der Waals surface area contributed by atoms with E-state index in [4.69, 9.17) is 4.74 Å². The Morgan fingerprint density at radius 1 is 1.27 bits per heavy atom. The predicted octanol–water partition coefficient (Wildman–Crippen LogP) is 2.51. The van der Waals surface area contributed by atoms with Crippen LogP contribution in [0.1, 0.15) is 35.8 Å². The van der Waals surface area contributed by atoms with Gasteiger partial charge in [0.2, 0.25) is 0 Å². The first-order valence-corrected chi connectivity index (χ1v) is 8.65. The van der Waals surface area contributed by atoms with Crippen LogP contribution >= 0.6 is 0 Å². The third kappa shape index (κ3) is 3.42. The first kappa shape index (κ1) is 18.0. The molecule has 2 unspecified atom stereocenters. The Bertz CT molecular complexity index is 830. The number of aryl methyl sites for hydroxylation is 1. The third-order valence-corrected chi connectivity index (χ3v) is 4.88. The van der Waals surface area contributed by atoms with Crippen molar-refractivity contribution < 1.29 is 19.4 Å². The second kappa shape index (κ2) is 7.19. The largest absolute Gasteiger partial charge is 0.494 e. The maximum absolute atomic E-state index is 12.9. The molecule has 1 saturated heterocycles. The van der Waals surface area contributed by atoms with Gasteiger partial charge in [-0.15, -0.1) is 0 Å². The Labute approximate surface area is 152 Å². The Balaban J connectivity index is 1.86. The van der Waals surface area contributed by atoms with Crippen LogP contribution in [0.2, 0.25) is 0 Å². The molecule has 2 atom stereocenters. The minimum atomic E-state index is -0.857. The molecule has 1 aliphatic rings. The molecule has 7 heteroatoms. The SMILES string of the molecule is COc1ccc(C)cc1-n1ccc(C(=O)N2CC(C(=O)O)CCC2C)n1. The summed E-state index contributed by atoms with van der Waals surface area (Å²) in [6.07, 6.45) is 2.98. The minimum Gasteiger partial charge on any atom is -0.494 e. The lowest BCUT2D eigenvalue weighted by Crippen LogP contribution is -2.47. The molecule has 2 heterocycles. The zero-order chi connectivity index (χ0) is 18.8. The van der Waals surface area contributed by atoms with Gasteiger partial charge in [0.1, 0.15) is 11.4 Å². The maximum Gasteiger partial charge on any atom is 0.308 e. The van der Waals surface area contributed by atoms with Gasteiger partial charge in [0.15, 0.2) is 5.69 Å². The van der Waals surface area contributed by atoms with Crippen molar-refractivity contribution in [2.45, 2.75) is 32.7 Å². The number of piperidine rings is 1. The lowest BCUT2D eigenvalue weighted by atomic mass is 9.93. The normalized spacial score (nSPS) is 20.0. The van der Waals surface area contributed by atoms with Crippen molar-refractivity contribution in [3.8, 4) is 11.4 Å². The van der Waals surface area contributed by atoms with Crippen LogP contribution in [0.5, 0.6) is 5.75 Å². The van der Waals surface area contributed by atoms with E-state index in [1.54, 1.807) is 29.0 Å². The minimum absolute atomic E-state index is 0.00300. The van der Waals surface area contributed by atoms with Crippen molar-refractivity contribution in [1.29, 1.82) is 0 Å². The van der Waals surface area contributed by atoms with Crippen LogP contribution in [0.4, 0.5) is 0 Å². The summed E-state index contributed by atoms with van der Waals surface area (Å²) in [5.41, 5.74) is 2.10. The maximum atomic E-state index is 12.9. The highest BCUT2D eigenvalue weighted by Gasteiger charge is 2.33. The average Bonchev–Trinajstić information content (AvgIpc) is 3.11. The van der Waals surface area contributed by atoms with Crippen LogP contribution in [-0.4, -0.2) is 51.4 Å². The number of aromatic nitrogens is 2. The number of hydrogen-bond acceptors (Lipinski definition) is 4. The number of benzene rings is 1. The lowest BCUT2D eigenvalue weighted by Gasteiger charge is -2.36. The van der Waals surface area contributed by atoms with Gasteiger partial charge in [-0.3, -0.25) is 9.59 Å². The van der Waals surface area contributed by atoms with Crippen LogP contribution in [0, 0.1) is 12.8 Å². The standard InChI is InChI=1S/C19H23N3O4/c1-12-4-7-17(26-3)16(10-12)22-9-8-15(20-22)18(23)21-11-14(19(24)25)6-5-13(21)2/h4,7-10,13-14H,5-6,11H2,1-3H3,(H,24,25). The molecule has 0 aliphatic carbocycles. The third-order valence-electron chi connectivity index (χ3n) is 4.88. The Morgan fingerprint density at radius 2 is 2.04 bits per heavy atom. The van der Waals surface area contributed by atoms with Gasteiger partial charge < -0.3 is 14.7 Å². The van der Waals surface area contributed by atoms with Crippen molar-refractivity contribution >= 4 is 11.9 Å². The van der Waals surface area contributed by atoms with Crippen molar-refractivity contribution in [3.05, 3.63) is 41.7 Å². The number of ether oxygens (including phenoxy) is 1. The molecule has 0 radical (unpaired) electrons. The van der Waals surface area contributed by atoms with E-state index in [1.165, 1.54) is 0 Å². The molecule has 1 N–H and O–H groups in total.